The van der Waals surface area contributed by atoms with E-state index in [1.54, 1.807) is 23.2 Å². The van der Waals surface area contributed by atoms with Crippen LogP contribution in [0.3, 0.4) is 0 Å². The molecule has 1 saturated heterocycles. The maximum atomic E-state index is 12.6. The molecule has 1 aromatic rings. The van der Waals surface area contributed by atoms with Crippen LogP contribution < -0.4 is 0 Å². The highest BCUT2D eigenvalue weighted by atomic mass is 16.2. The molecule has 6 nitrogen and oxygen atoms in total. The maximum Gasteiger partial charge on any atom is 0.272 e. The van der Waals surface area contributed by atoms with Crippen LogP contribution in [0.15, 0.2) is 18.3 Å². The van der Waals surface area contributed by atoms with Gasteiger partial charge in [-0.1, -0.05) is 6.92 Å². The molecule has 0 atom stereocenters. The van der Waals surface area contributed by atoms with Gasteiger partial charge in [-0.15, -0.1) is 0 Å². The van der Waals surface area contributed by atoms with Crippen LogP contribution in [0, 0.1) is 0 Å². The Morgan fingerprint density at radius 1 is 1.13 bits per heavy atom. The molecule has 1 aliphatic rings. The summed E-state index contributed by atoms with van der Waals surface area (Å²) in [5.74, 6) is -0.141. The molecule has 1 fully saturated rings. The first-order valence-corrected chi connectivity index (χ1v) is 8.37. The summed E-state index contributed by atoms with van der Waals surface area (Å²) in [5.41, 5.74) is 0.882. The normalized spacial score (nSPS) is 15.5. The van der Waals surface area contributed by atoms with Crippen molar-refractivity contribution in [1.29, 1.82) is 0 Å². The number of likely N-dealkylation sites (N-methyl/N-ethyl adjacent to an activating group) is 1. The van der Waals surface area contributed by atoms with Gasteiger partial charge >= 0.3 is 0 Å². The Balaban J connectivity index is 2.10. The van der Waals surface area contributed by atoms with E-state index in [2.05, 4.69) is 16.8 Å². The second-order valence-corrected chi connectivity index (χ2v) is 5.63. The molecule has 2 heterocycles. The lowest BCUT2D eigenvalue weighted by atomic mass is 10.1. The summed E-state index contributed by atoms with van der Waals surface area (Å²) in [4.78, 5) is 35.0. The molecule has 0 radical (unpaired) electrons. The highest BCUT2D eigenvalue weighted by molar-refractivity contribution is 5.98. The summed E-state index contributed by atoms with van der Waals surface area (Å²) in [5, 5.41) is 0. The van der Waals surface area contributed by atoms with Crippen molar-refractivity contribution in [2.75, 3.05) is 45.8 Å². The highest BCUT2D eigenvalue weighted by Crippen LogP contribution is 2.11. The van der Waals surface area contributed by atoms with Gasteiger partial charge in [0.15, 0.2) is 0 Å². The van der Waals surface area contributed by atoms with Gasteiger partial charge in [0.2, 0.25) is 0 Å². The molecule has 2 amide bonds. The Hall–Kier alpha value is -1.95. The lowest BCUT2D eigenvalue weighted by molar-refractivity contribution is 0.0643. The average Bonchev–Trinajstić information content (AvgIpc) is 2.62. The summed E-state index contributed by atoms with van der Waals surface area (Å²) in [6.07, 6.45) is 1.55. The predicted octanol–water partition coefficient (Wildman–Crippen LogP) is 1.34. The minimum atomic E-state index is -0.125. The number of piperazine rings is 1. The van der Waals surface area contributed by atoms with Crippen molar-refractivity contribution in [3.63, 3.8) is 0 Å². The second-order valence-electron chi connectivity index (χ2n) is 5.63. The molecule has 0 spiro atoms. The van der Waals surface area contributed by atoms with E-state index >= 15 is 0 Å². The van der Waals surface area contributed by atoms with Gasteiger partial charge in [0.25, 0.3) is 11.8 Å². The minimum Gasteiger partial charge on any atom is -0.338 e. The molecule has 2 rings (SSSR count). The highest BCUT2D eigenvalue weighted by Gasteiger charge is 2.23. The lowest BCUT2D eigenvalue weighted by Crippen LogP contribution is -2.48. The Morgan fingerprint density at radius 3 is 2.35 bits per heavy atom. The van der Waals surface area contributed by atoms with Crippen molar-refractivity contribution in [2.45, 2.75) is 20.8 Å². The van der Waals surface area contributed by atoms with Crippen molar-refractivity contribution in [2.24, 2.45) is 0 Å². The average molecular weight is 318 g/mol. The van der Waals surface area contributed by atoms with Gasteiger partial charge in [0.1, 0.15) is 5.69 Å². The molecule has 0 aromatic carbocycles. The second kappa shape index (κ2) is 8.06. The first-order chi connectivity index (χ1) is 11.1. The van der Waals surface area contributed by atoms with Crippen LogP contribution in [0.4, 0.5) is 0 Å². The Kier molecular flexibility index (Phi) is 6.10. The van der Waals surface area contributed by atoms with Crippen molar-refractivity contribution in [3.8, 4) is 0 Å². The van der Waals surface area contributed by atoms with Gasteiger partial charge in [0.05, 0.1) is 0 Å². The van der Waals surface area contributed by atoms with E-state index in [0.29, 0.717) is 24.3 Å². The SMILES string of the molecule is CCN1CCN(C(=O)c2ccnc(C(=O)N(CC)CC)c2)CC1. The lowest BCUT2D eigenvalue weighted by Gasteiger charge is -2.34. The van der Waals surface area contributed by atoms with Gasteiger partial charge in [0, 0.05) is 51.0 Å². The van der Waals surface area contributed by atoms with Gasteiger partial charge < -0.3 is 14.7 Å². The quantitative estimate of drug-likeness (QED) is 0.822. The van der Waals surface area contributed by atoms with Gasteiger partial charge in [-0.25, -0.2) is 0 Å². The molecule has 1 aromatic heterocycles. The summed E-state index contributed by atoms with van der Waals surface area (Å²) >= 11 is 0. The molecule has 23 heavy (non-hydrogen) atoms. The zero-order valence-electron chi connectivity index (χ0n) is 14.3. The van der Waals surface area contributed by atoms with Crippen LogP contribution in [-0.4, -0.2) is 77.3 Å². The van der Waals surface area contributed by atoms with Crippen molar-refractivity contribution in [3.05, 3.63) is 29.6 Å². The third kappa shape index (κ3) is 4.07. The zero-order chi connectivity index (χ0) is 16.8. The first kappa shape index (κ1) is 17.4. The Labute approximate surface area is 138 Å². The molecular formula is C17H26N4O2. The predicted molar refractivity (Wildman–Crippen MR) is 89.5 cm³/mol. The summed E-state index contributed by atoms with van der Waals surface area (Å²) in [7, 11) is 0. The first-order valence-electron chi connectivity index (χ1n) is 8.37. The van der Waals surface area contributed by atoms with E-state index in [9.17, 15) is 9.59 Å². The fourth-order valence-corrected chi connectivity index (χ4v) is 2.80. The maximum absolute atomic E-state index is 12.6. The topological polar surface area (TPSA) is 56.8 Å². The molecule has 0 aliphatic carbocycles. The molecule has 0 saturated carbocycles. The molecule has 0 bridgehead atoms. The van der Waals surface area contributed by atoms with E-state index < -0.39 is 0 Å². The largest absolute Gasteiger partial charge is 0.338 e. The molecule has 126 valence electrons. The van der Waals surface area contributed by atoms with Crippen LogP contribution in [0.5, 0.6) is 0 Å². The number of hydrogen-bond donors (Lipinski definition) is 0. The number of hydrogen-bond acceptors (Lipinski definition) is 4. The molecule has 1 aliphatic heterocycles. The number of nitrogens with zero attached hydrogens (tertiary/aromatic N) is 4. The summed E-state index contributed by atoms with van der Waals surface area (Å²) < 4.78 is 0. The molecular weight excluding hydrogens is 292 g/mol. The number of carbonyl (C=O) groups excluding carboxylic acids is 2. The van der Waals surface area contributed by atoms with E-state index in [1.165, 1.54) is 0 Å². The van der Waals surface area contributed by atoms with Crippen molar-refractivity contribution < 1.29 is 9.59 Å². The van der Waals surface area contributed by atoms with Crippen LogP contribution in [0.1, 0.15) is 41.6 Å². The van der Waals surface area contributed by atoms with Gasteiger partial charge in [-0.2, -0.15) is 0 Å². The Bertz CT molecular complexity index is 549. The molecule has 0 N–H and O–H groups in total. The fourth-order valence-electron chi connectivity index (χ4n) is 2.80. The number of pyridine rings is 1. The third-order valence-corrected chi connectivity index (χ3v) is 4.38. The summed E-state index contributed by atoms with van der Waals surface area (Å²) in [6, 6.07) is 3.31. The van der Waals surface area contributed by atoms with Gasteiger partial charge in [-0.05, 0) is 32.5 Å². The number of aromatic nitrogens is 1. The van der Waals surface area contributed by atoms with E-state index in [1.807, 2.05) is 18.7 Å². The van der Waals surface area contributed by atoms with E-state index in [4.69, 9.17) is 0 Å². The van der Waals surface area contributed by atoms with Crippen LogP contribution in [0.25, 0.3) is 0 Å². The van der Waals surface area contributed by atoms with Crippen LogP contribution in [-0.2, 0) is 0 Å². The monoisotopic (exact) mass is 318 g/mol. The van der Waals surface area contributed by atoms with Crippen LogP contribution >= 0.6 is 0 Å². The van der Waals surface area contributed by atoms with Crippen molar-refractivity contribution >= 4 is 11.8 Å². The standard InChI is InChI=1S/C17H26N4O2/c1-4-19-9-11-21(12-10-19)16(22)14-7-8-18-15(13-14)17(23)20(5-2)6-3/h7-8,13H,4-6,9-12H2,1-3H3. The smallest absolute Gasteiger partial charge is 0.272 e. The fraction of sp³-hybridized carbons (Fsp3) is 0.588. The number of carbonyl (C=O) groups is 2. The Morgan fingerprint density at radius 2 is 1.78 bits per heavy atom. The van der Waals surface area contributed by atoms with E-state index in [-0.39, 0.29) is 11.8 Å². The minimum absolute atomic E-state index is 0.0169. The zero-order valence-corrected chi connectivity index (χ0v) is 14.3. The molecule has 0 unspecified atom stereocenters. The number of amides is 2. The van der Waals surface area contributed by atoms with Gasteiger partial charge in [-0.3, -0.25) is 14.6 Å². The van der Waals surface area contributed by atoms with Crippen LogP contribution in [0.2, 0.25) is 0 Å². The third-order valence-electron chi connectivity index (χ3n) is 4.38. The van der Waals surface area contributed by atoms with Crippen molar-refractivity contribution in [1.82, 2.24) is 19.7 Å². The molecule has 6 heteroatoms. The number of rotatable bonds is 5. The summed E-state index contributed by atoms with van der Waals surface area (Å²) in [6.45, 7) is 11.5. The van der Waals surface area contributed by atoms with E-state index in [0.717, 1.165) is 32.7 Å².